The molecule has 2 nitrogen and oxygen atoms in total. The van der Waals surface area contributed by atoms with Crippen LogP contribution in [-0.4, -0.2) is 5.78 Å². The van der Waals surface area contributed by atoms with Crippen LogP contribution in [0.5, 0.6) is 0 Å². The van der Waals surface area contributed by atoms with E-state index in [2.05, 4.69) is 29.0 Å². The lowest BCUT2D eigenvalue weighted by molar-refractivity contribution is -0.673. The van der Waals surface area contributed by atoms with Gasteiger partial charge in [0.2, 0.25) is 23.0 Å². The number of thiazole rings is 1. The summed E-state index contributed by atoms with van der Waals surface area (Å²) >= 11 is 1.67. The van der Waals surface area contributed by atoms with Crippen LogP contribution in [-0.2, 0) is 6.54 Å². The minimum absolute atomic E-state index is 0.138. The normalized spacial score (nSPS) is 10.5. The fourth-order valence-electron chi connectivity index (χ4n) is 2.33. The van der Waals surface area contributed by atoms with Crippen molar-refractivity contribution in [3.8, 4) is 11.3 Å². The third-order valence-electron chi connectivity index (χ3n) is 3.48. The first-order valence-corrected chi connectivity index (χ1v) is 7.75. The van der Waals surface area contributed by atoms with E-state index in [1.54, 1.807) is 11.3 Å². The molecule has 21 heavy (non-hydrogen) atoms. The minimum atomic E-state index is 0.138. The van der Waals surface area contributed by atoms with Crippen molar-refractivity contribution in [3.05, 3.63) is 76.6 Å². The molecular formula is C18H16NOS+. The summed E-state index contributed by atoms with van der Waals surface area (Å²) in [6.07, 6.45) is 0. The molecule has 0 aliphatic rings. The Kier molecular flexibility index (Phi) is 3.93. The summed E-state index contributed by atoms with van der Waals surface area (Å²) in [6, 6.07) is 19.7. The number of rotatable bonds is 4. The van der Waals surface area contributed by atoms with Crippen LogP contribution in [0.4, 0.5) is 0 Å². The Balaban J connectivity index is 1.93. The summed E-state index contributed by atoms with van der Waals surface area (Å²) in [6.45, 7) is 2.43. The van der Waals surface area contributed by atoms with Gasteiger partial charge in [-0.15, -0.1) is 0 Å². The molecule has 2 aromatic carbocycles. The Labute approximate surface area is 128 Å². The van der Waals surface area contributed by atoms with Gasteiger partial charge in [0.15, 0.2) is 0 Å². The maximum absolute atomic E-state index is 12.4. The van der Waals surface area contributed by atoms with Crippen LogP contribution in [0.2, 0.25) is 0 Å². The zero-order valence-corrected chi connectivity index (χ0v) is 12.6. The van der Waals surface area contributed by atoms with Crippen LogP contribution >= 0.6 is 11.3 Å². The van der Waals surface area contributed by atoms with E-state index in [1.807, 2.05) is 48.5 Å². The van der Waals surface area contributed by atoms with Crippen LogP contribution in [0.25, 0.3) is 11.3 Å². The van der Waals surface area contributed by atoms with Crippen molar-refractivity contribution in [1.82, 2.24) is 0 Å². The summed E-state index contributed by atoms with van der Waals surface area (Å²) in [5.41, 5.74) is 3.00. The Morgan fingerprint density at radius 3 is 2.29 bits per heavy atom. The molecule has 0 aliphatic carbocycles. The molecule has 3 aromatic rings. The maximum Gasteiger partial charge on any atom is 0.235 e. The smallest absolute Gasteiger partial charge is 0.235 e. The summed E-state index contributed by atoms with van der Waals surface area (Å²) in [5, 5.41) is 3.25. The Morgan fingerprint density at radius 1 is 1.00 bits per heavy atom. The average molecular weight is 294 g/mol. The highest BCUT2D eigenvalue weighted by Crippen LogP contribution is 2.19. The lowest BCUT2D eigenvalue weighted by Gasteiger charge is -2.01. The third-order valence-corrected chi connectivity index (χ3v) is 4.38. The molecule has 1 aromatic heterocycles. The zero-order valence-electron chi connectivity index (χ0n) is 11.8. The van der Waals surface area contributed by atoms with Crippen LogP contribution in [0, 0.1) is 6.92 Å². The number of hydrogen-bond acceptors (Lipinski definition) is 2. The number of carbonyl (C=O) groups is 1. The second-order valence-electron chi connectivity index (χ2n) is 4.88. The molecule has 0 fully saturated rings. The average Bonchev–Trinajstić information content (AvgIpc) is 2.90. The van der Waals surface area contributed by atoms with E-state index in [0.717, 1.165) is 21.8 Å². The largest absolute Gasteiger partial charge is 0.287 e. The van der Waals surface area contributed by atoms with Crippen molar-refractivity contribution in [2.75, 3.05) is 0 Å². The minimum Gasteiger partial charge on any atom is -0.287 e. The number of benzene rings is 2. The molecule has 104 valence electrons. The molecule has 0 spiro atoms. The SMILES string of the molecule is Cc1scc(-c2ccccc2)[n+]1CC(=O)c1ccccc1. The van der Waals surface area contributed by atoms with Gasteiger partial charge in [-0.25, -0.2) is 0 Å². The predicted molar refractivity (Wildman–Crippen MR) is 85.5 cm³/mol. The molecule has 0 aliphatic heterocycles. The Morgan fingerprint density at radius 2 is 1.62 bits per heavy atom. The van der Waals surface area contributed by atoms with E-state index in [9.17, 15) is 4.79 Å². The summed E-state index contributed by atoms with van der Waals surface area (Å²) in [7, 11) is 0. The molecule has 0 saturated carbocycles. The van der Waals surface area contributed by atoms with Crippen molar-refractivity contribution < 1.29 is 9.36 Å². The number of aromatic nitrogens is 1. The number of ketones is 1. The van der Waals surface area contributed by atoms with Gasteiger partial charge in [0.05, 0.1) is 5.38 Å². The van der Waals surface area contributed by atoms with Crippen LogP contribution in [0.1, 0.15) is 15.4 Å². The molecule has 0 atom stereocenters. The Bertz CT molecular complexity index is 747. The van der Waals surface area contributed by atoms with Gasteiger partial charge in [-0.3, -0.25) is 4.79 Å². The van der Waals surface area contributed by atoms with Crippen molar-refractivity contribution >= 4 is 17.1 Å². The molecule has 0 saturated heterocycles. The molecular weight excluding hydrogens is 278 g/mol. The van der Waals surface area contributed by atoms with Gasteiger partial charge in [0.25, 0.3) is 0 Å². The predicted octanol–water partition coefficient (Wildman–Crippen LogP) is 3.89. The highest BCUT2D eigenvalue weighted by Gasteiger charge is 2.22. The van der Waals surface area contributed by atoms with E-state index in [4.69, 9.17) is 0 Å². The van der Waals surface area contributed by atoms with Crippen molar-refractivity contribution in [2.45, 2.75) is 13.5 Å². The second kappa shape index (κ2) is 6.02. The van der Waals surface area contributed by atoms with Crippen molar-refractivity contribution in [1.29, 1.82) is 0 Å². The van der Waals surface area contributed by atoms with Crippen LogP contribution in [0.15, 0.2) is 66.0 Å². The highest BCUT2D eigenvalue weighted by atomic mass is 32.1. The second-order valence-corrected chi connectivity index (χ2v) is 5.94. The third kappa shape index (κ3) is 2.93. The van der Waals surface area contributed by atoms with E-state index < -0.39 is 0 Å². The first-order chi connectivity index (χ1) is 10.3. The molecule has 0 unspecified atom stereocenters. The number of nitrogens with zero attached hydrogens (tertiary/aromatic N) is 1. The lowest BCUT2D eigenvalue weighted by Crippen LogP contribution is -2.40. The van der Waals surface area contributed by atoms with Gasteiger partial charge >= 0.3 is 0 Å². The first-order valence-electron chi connectivity index (χ1n) is 6.87. The number of Topliss-reactive ketones (excluding diaryl/α,β-unsaturated/α-hetero) is 1. The van der Waals surface area contributed by atoms with E-state index >= 15 is 0 Å². The van der Waals surface area contributed by atoms with Crippen LogP contribution in [0.3, 0.4) is 0 Å². The number of hydrogen-bond donors (Lipinski definition) is 0. The molecule has 0 amide bonds. The first kappa shape index (κ1) is 13.7. The molecule has 3 heteroatoms. The summed E-state index contributed by atoms with van der Waals surface area (Å²) in [4.78, 5) is 12.4. The standard InChI is InChI=1S/C18H16NOS/c1-14-19(12-18(20)16-10-6-3-7-11-16)17(13-21-14)15-8-4-2-5-9-15/h2-11,13H,12H2,1H3/q+1. The van der Waals surface area contributed by atoms with Gasteiger partial charge < -0.3 is 0 Å². The fourth-order valence-corrected chi connectivity index (χ4v) is 3.16. The van der Waals surface area contributed by atoms with Gasteiger partial charge in [-0.1, -0.05) is 59.9 Å². The van der Waals surface area contributed by atoms with Gasteiger partial charge in [0, 0.05) is 18.1 Å². The molecule has 1 heterocycles. The zero-order chi connectivity index (χ0) is 14.7. The summed E-state index contributed by atoms with van der Waals surface area (Å²) in [5.74, 6) is 0.138. The van der Waals surface area contributed by atoms with Crippen LogP contribution < -0.4 is 4.57 Å². The van der Waals surface area contributed by atoms with Gasteiger partial charge in [-0.05, 0) is 12.1 Å². The fraction of sp³-hybridized carbons (Fsp3) is 0.111. The van der Waals surface area contributed by atoms with Crippen molar-refractivity contribution in [3.63, 3.8) is 0 Å². The quantitative estimate of drug-likeness (QED) is 0.528. The number of aryl methyl sites for hydroxylation is 1. The van der Waals surface area contributed by atoms with E-state index in [1.165, 1.54) is 0 Å². The van der Waals surface area contributed by atoms with E-state index in [0.29, 0.717) is 6.54 Å². The monoisotopic (exact) mass is 294 g/mol. The molecule has 3 rings (SSSR count). The summed E-state index contributed by atoms with van der Waals surface area (Å²) < 4.78 is 2.09. The molecule has 0 radical (unpaired) electrons. The Hall–Kier alpha value is -2.26. The van der Waals surface area contributed by atoms with Crippen molar-refractivity contribution in [2.24, 2.45) is 0 Å². The van der Waals surface area contributed by atoms with E-state index in [-0.39, 0.29) is 5.78 Å². The molecule has 0 bridgehead atoms. The topological polar surface area (TPSA) is 20.9 Å². The molecule has 0 N–H and O–H groups in total. The van der Waals surface area contributed by atoms with Gasteiger partial charge in [0.1, 0.15) is 0 Å². The highest BCUT2D eigenvalue weighted by molar-refractivity contribution is 7.09. The maximum atomic E-state index is 12.4. The number of carbonyl (C=O) groups excluding carboxylic acids is 1. The van der Waals surface area contributed by atoms with Gasteiger partial charge in [-0.2, -0.15) is 4.57 Å². The lowest BCUT2D eigenvalue weighted by atomic mass is 10.1.